The first kappa shape index (κ1) is 29.3. The number of nitrogens with two attached hydrogens (primary N) is 1. The number of unbranched alkanes of at least 4 members (excludes halogenated alkanes) is 1. The Kier molecular flexibility index (Phi) is 9.00. The van der Waals surface area contributed by atoms with Gasteiger partial charge in [-0.25, -0.2) is 0 Å². The monoisotopic (exact) mass is 535 g/mol. The normalized spacial score (nSPS) is 38.6. The van der Waals surface area contributed by atoms with Crippen LogP contribution >= 0.6 is 0 Å². The molecule has 0 bridgehead atoms. The Morgan fingerprint density at radius 3 is 2.41 bits per heavy atom. The van der Waals surface area contributed by atoms with Crippen LogP contribution in [0.3, 0.4) is 0 Å². The molecule has 0 aliphatic heterocycles. The SMILES string of the molecule is CCCCc1ccc(OC2CCC3(C)C(CCC4C3CCC3(C)C(C(C)CCCC(C)C)CCC43)C2)c(N)c1. The second kappa shape index (κ2) is 12.0. The maximum Gasteiger partial charge on any atom is 0.142 e. The lowest BCUT2D eigenvalue weighted by Crippen LogP contribution is -2.54. The summed E-state index contributed by atoms with van der Waals surface area (Å²) in [7, 11) is 0. The van der Waals surface area contributed by atoms with Crippen LogP contribution in [0, 0.1) is 52.3 Å². The molecule has 4 aliphatic rings. The lowest BCUT2D eigenvalue weighted by Gasteiger charge is -2.61. The molecule has 39 heavy (non-hydrogen) atoms. The molecule has 4 saturated carbocycles. The molecule has 2 nitrogen and oxygen atoms in total. The van der Waals surface area contributed by atoms with Crippen LogP contribution in [0.1, 0.15) is 137 Å². The molecule has 9 atom stereocenters. The molecule has 4 fully saturated rings. The molecule has 220 valence electrons. The standard InChI is InChI=1S/C37H61NO/c1-7-8-12-27-13-18-35(34(38)23-27)39-29-19-21-36(5)28(24-29)14-15-30-32-17-16-31(26(4)11-9-10-25(2)3)37(32,6)22-20-33(30)36/h13,18,23,25-26,28-33H,7-12,14-17,19-22,24,38H2,1-6H3. The Hall–Kier alpha value is -1.18. The van der Waals surface area contributed by atoms with Crippen LogP contribution in [0.25, 0.3) is 0 Å². The first-order chi connectivity index (χ1) is 18.7. The van der Waals surface area contributed by atoms with Gasteiger partial charge in [-0.2, -0.15) is 0 Å². The molecule has 4 aliphatic carbocycles. The van der Waals surface area contributed by atoms with E-state index in [1.54, 1.807) is 0 Å². The number of ether oxygens (including phenoxy) is 1. The van der Waals surface area contributed by atoms with Gasteiger partial charge >= 0.3 is 0 Å². The lowest BCUT2D eigenvalue weighted by atomic mass is 9.44. The van der Waals surface area contributed by atoms with Gasteiger partial charge in [0.15, 0.2) is 0 Å². The van der Waals surface area contributed by atoms with Gasteiger partial charge in [-0.05, 0) is 141 Å². The molecular formula is C37H61NO. The van der Waals surface area contributed by atoms with Crippen LogP contribution < -0.4 is 10.5 Å². The summed E-state index contributed by atoms with van der Waals surface area (Å²) in [5.41, 5.74) is 9.76. The van der Waals surface area contributed by atoms with E-state index in [0.29, 0.717) is 16.9 Å². The summed E-state index contributed by atoms with van der Waals surface area (Å²) in [6.07, 6.45) is 20.8. The van der Waals surface area contributed by atoms with Gasteiger partial charge < -0.3 is 10.5 Å². The predicted octanol–water partition coefficient (Wildman–Crippen LogP) is 10.5. The maximum atomic E-state index is 6.62. The highest BCUT2D eigenvalue weighted by molar-refractivity contribution is 5.54. The summed E-state index contributed by atoms with van der Waals surface area (Å²) in [5.74, 6) is 7.35. The van der Waals surface area contributed by atoms with Gasteiger partial charge in [0.1, 0.15) is 5.75 Å². The molecule has 0 aromatic heterocycles. The highest BCUT2D eigenvalue weighted by Gasteiger charge is 2.60. The highest BCUT2D eigenvalue weighted by Crippen LogP contribution is 2.68. The molecule has 0 saturated heterocycles. The number of fused-ring (bicyclic) bond motifs is 5. The molecule has 1 aromatic carbocycles. The van der Waals surface area contributed by atoms with E-state index in [4.69, 9.17) is 10.5 Å². The summed E-state index contributed by atoms with van der Waals surface area (Å²) < 4.78 is 6.62. The fourth-order valence-electron chi connectivity index (χ4n) is 10.8. The summed E-state index contributed by atoms with van der Waals surface area (Å²) >= 11 is 0. The third-order valence-electron chi connectivity index (χ3n) is 13.0. The average molecular weight is 536 g/mol. The molecule has 2 heteroatoms. The van der Waals surface area contributed by atoms with E-state index in [1.807, 2.05) is 0 Å². The first-order valence-electron chi connectivity index (χ1n) is 17.2. The zero-order chi connectivity index (χ0) is 27.8. The fraction of sp³-hybridized carbons (Fsp3) is 0.838. The summed E-state index contributed by atoms with van der Waals surface area (Å²) in [6, 6.07) is 6.54. The number of hydrogen-bond donors (Lipinski definition) is 1. The van der Waals surface area contributed by atoms with Crippen LogP contribution in [0.15, 0.2) is 18.2 Å². The molecule has 0 spiro atoms. The topological polar surface area (TPSA) is 35.2 Å². The lowest BCUT2D eigenvalue weighted by molar-refractivity contribution is -0.126. The molecule has 5 rings (SSSR count). The van der Waals surface area contributed by atoms with E-state index in [9.17, 15) is 0 Å². The Bertz CT molecular complexity index is 955. The predicted molar refractivity (Wildman–Crippen MR) is 167 cm³/mol. The maximum absolute atomic E-state index is 6.62. The summed E-state index contributed by atoms with van der Waals surface area (Å²) in [4.78, 5) is 0. The minimum Gasteiger partial charge on any atom is -0.488 e. The second-order valence-electron chi connectivity index (χ2n) is 15.7. The summed E-state index contributed by atoms with van der Waals surface area (Å²) in [5, 5.41) is 0. The fourth-order valence-corrected chi connectivity index (χ4v) is 10.8. The Morgan fingerprint density at radius 1 is 0.897 bits per heavy atom. The van der Waals surface area contributed by atoms with Crippen molar-refractivity contribution in [3.8, 4) is 5.75 Å². The second-order valence-corrected chi connectivity index (χ2v) is 15.7. The molecule has 0 amide bonds. The van der Waals surface area contributed by atoms with E-state index in [-0.39, 0.29) is 0 Å². The van der Waals surface area contributed by atoms with Crippen molar-refractivity contribution in [2.45, 2.75) is 144 Å². The van der Waals surface area contributed by atoms with Crippen LogP contribution in [-0.4, -0.2) is 6.10 Å². The largest absolute Gasteiger partial charge is 0.488 e. The Labute approximate surface area is 241 Å². The molecule has 0 heterocycles. The van der Waals surface area contributed by atoms with Crippen molar-refractivity contribution in [3.63, 3.8) is 0 Å². The summed E-state index contributed by atoms with van der Waals surface area (Å²) in [6.45, 7) is 15.1. The third kappa shape index (κ3) is 5.79. The molecular weight excluding hydrogens is 474 g/mol. The van der Waals surface area contributed by atoms with Crippen LogP contribution in [0.2, 0.25) is 0 Å². The molecule has 0 radical (unpaired) electrons. The van der Waals surface area contributed by atoms with Gasteiger partial charge in [0.25, 0.3) is 0 Å². The Morgan fingerprint density at radius 2 is 1.67 bits per heavy atom. The highest BCUT2D eigenvalue weighted by atomic mass is 16.5. The molecule has 9 unspecified atom stereocenters. The van der Waals surface area contributed by atoms with Gasteiger partial charge in [0.05, 0.1) is 11.8 Å². The number of rotatable bonds is 10. The van der Waals surface area contributed by atoms with E-state index in [2.05, 4.69) is 59.7 Å². The number of benzene rings is 1. The van der Waals surface area contributed by atoms with Crippen molar-refractivity contribution < 1.29 is 4.74 Å². The van der Waals surface area contributed by atoms with E-state index >= 15 is 0 Å². The minimum atomic E-state index is 0.333. The van der Waals surface area contributed by atoms with Gasteiger partial charge in [0, 0.05) is 0 Å². The quantitative estimate of drug-likeness (QED) is 0.302. The van der Waals surface area contributed by atoms with Gasteiger partial charge in [0.2, 0.25) is 0 Å². The van der Waals surface area contributed by atoms with E-state index < -0.39 is 0 Å². The van der Waals surface area contributed by atoms with E-state index in [1.165, 1.54) is 95.5 Å². The number of nitrogen functional groups attached to an aromatic ring is 1. The van der Waals surface area contributed by atoms with Crippen molar-refractivity contribution in [1.82, 2.24) is 0 Å². The van der Waals surface area contributed by atoms with E-state index in [0.717, 1.165) is 59.3 Å². The zero-order valence-electron chi connectivity index (χ0n) is 26.4. The van der Waals surface area contributed by atoms with Crippen molar-refractivity contribution in [2.24, 2.45) is 52.3 Å². The van der Waals surface area contributed by atoms with Gasteiger partial charge in [-0.1, -0.05) is 73.3 Å². The number of anilines is 1. The van der Waals surface area contributed by atoms with Crippen molar-refractivity contribution >= 4 is 5.69 Å². The van der Waals surface area contributed by atoms with Crippen molar-refractivity contribution in [1.29, 1.82) is 0 Å². The zero-order valence-corrected chi connectivity index (χ0v) is 26.4. The minimum absolute atomic E-state index is 0.333. The van der Waals surface area contributed by atoms with Crippen molar-refractivity contribution in [2.75, 3.05) is 5.73 Å². The number of hydrogen-bond acceptors (Lipinski definition) is 2. The van der Waals surface area contributed by atoms with Crippen LogP contribution in [-0.2, 0) is 6.42 Å². The van der Waals surface area contributed by atoms with Gasteiger partial charge in [-0.3, -0.25) is 0 Å². The molecule has 1 aromatic rings. The smallest absolute Gasteiger partial charge is 0.142 e. The number of aryl methyl sites for hydroxylation is 1. The van der Waals surface area contributed by atoms with Crippen LogP contribution in [0.5, 0.6) is 5.75 Å². The third-order valence-corrected chi connectivity index (χ3v) is 13.0. The average Bonchev–Trinajstić information content (AvgIpc) is 3.26. The molecule has 2 N–H and O–H groups in total. The first-order valence-corrected chi connectivity index (χ1v) is 17.2. The Balaban J connectivity index is 1.21. The van der Waals surface area contributed by atoms with Gasteiger partial charge in [-0.15, -0.1) is 0 Å². The van der Waals surface area contributed by atoms with Crippen molar-refractivity contribution in [3.05, 3.63) is 23.8 Å². The van der Waals surface area contributed by atoms with Crippen LogP contribution in [0.4, 0.5) is 5.69 Å².